The number of urea groups is 1. The van der Waals surface area contributed by atoms with Crippen LogP contribution in [0.15, 0.2) is 42.6 Å². The fourth-order valence-electron chi connectivity index (χ4n) is 4.10. The molecule has 5 heteroatoms. The molecule has 1 aliphatic heterocycles. The van der Waals surface area contributed by atoms with Gasteiger partial charge in [-0.3, -0.25) is 0 Å². The zero-order valence-electron chi connectivity index (χ0n) is 14.3. The molecule has 2 aliphatic rings. The molecule has 1 fully saturated rings. The molecule has 1 atom stereocenters. The summed E-state index contributed by atoms with van der Waals surface area (Å²) < 4.78 is 15.5. The molecule has 2 aromatic rings. The van der Waals surface area contributed by atoms with Gasteiger partial charge in [0.15, 0.2) is 0 Å². The van der Waals surface area contributed by atoms with E-state index in [1.807, 2.05) is 23.2 Å². The normalized spacial score (nSPS) is 21.0. The molecule has 0 radical (unpaired) electrons. The second-order valence-corrected chi connectivity index (χ2v) is 7.06. The highest BCUT2D eigenvalue weighted by Crippen LogP contribution is 2.32. The predicted octanol–water partition coefficient (Wildman–Crippen LogP) is 4.07. The van der Waals surface area contributed by atoms with Crippen molar-refractivity contribution in [2.24, 2.45) is 0 Å². The number of carbonyl (C=O) groups excluding carboxylic acids is 1. The minimum absolute atomic E-state index is 0.00586. The fraction of sp³-hybridized carbons (Fsp3) is 0.450. The van der Waals surface area contributed by atoms with Gasteiger partial charge >= 0.3 is 6.03 Å². The molecule has 2 amide bonds. The zero-order valence-corrected chi connectivity index (χ0v) is 14.3. The van der Waals surface area contributed by atoms with Gasteiger partial charge < -0.3 is 14.8 Å². The Labute approximate surface area is 147 Å². The van der Waals surface area contributed by atoms with Gasteiger partial charge in [-0.1, -0.05) is 31.4 Å². The number of nitrogens with one attached hydrogen (secondary N) is 1. The largest absolute Gasteiger partial charge is 0.348 e. The summed E-state index contributed by atoms with van der Waals surface area (Å²) in [5.74, 6) is -0.256. The van der Waals surface area contributed by atoms with Gasteiger partial charge in [0.2, 0.25) is 0 Å². The first-order chi connectivity index (χ1) is 12.2. The van der Waals surface area contributed by atoms with Crippen molar-refractivity contribution in [1.29, 1.82) is 0 Å². The Hall–Kier alpha value is -2.30. The highest BCUT2D eigenvalue weighted by molar-refractivity contribution is 5.76. The average molecular weight is 341 g/mol. The molecule has 1 aromatic heterocycles. The number of benzene rings is 1. The lowest BCUT2D eigenvalue weighted by atomic mass is 9.95. The van der Waals surface area contributed by atoms with Crippen LogP contribution in [0.5, 0.6) is 0 Å². The number of rotatable bonds is 2. The van der Waals surface area contributed by atoms with Crippen molar-refractivity contribution in [3.05, 3.63) is 59.7 Å². The Morgan fingerprint density at radius 2 is 1.80 bits per heavy atom. The van der Waals surface area contributed by atoms with E-state index in [0.29, 0.717) is 6.54 Å². The maximum Gasteiger partial charge on any atom is 0.318 e. The number of hydrogen-bond acceptors (Lipinski definition) is 1. The number of aromatic nitrogens is 1. The van der Waals surface area contributed by atoms with Gasteiger partial charge in [0.05, 0.1) is 6.04 Å². The second-order valence-electron chi connectivity index (χ2n) is 7.06. The summed E-state index contributed by atoms with van der Waals surface area (Å²) in [5, 5.41) is 3.23. The lowest BCUT2D eigenvalue weighted by Crippen LogP contribution is -2.50. The van der Waals surface area contributed by atoms with E-state index in [1.54, 1.807) is 12.1 Å². The molecule has 132 valence electrons. The van der Waals surface area contributed by atoms with Crippen LogP contribution >= 0.6 is 0 Å². The molecule has 1 unspecified atom stereocenters. The van der Waals surface area contributed by atoms with Crippen molar-refractivity contribution in [2.45, 2.75) is 50.7 Å². The van der Waals surface area contributed by atoms with E-state index in [4.69, 9.17) is 0 Å². The lowest BCUT2D eigenvalue weighted by Gasteiger charge is -2.38. The number of carbonyl (C=O) groups is 1. The number of hydrogen-bond donors (Lipinski definition) is 1. The molecular formula is C20H24FN3O. The van der Waals surface area contributed by atoms with Crippen LogP contribution in [0.3, 0.4) is 0 Å². The third-order valence-electron chi connectivity index (χ3n) is 5.42. The molecule has 1 N–H and O–H groups in total. The van der Waals surface area contributed by atoms with E-state index in [0.717, 1.165) is 30.6 Å². The quantitative estimate of drug-likeness (QED) is 0.878. The first-order valence-corrected chi connectivity index (χ1v) is 9.20. The maximum absolute atomic E-state index is 13.4. The van der Waals surface area contributed by atoms with Crippen molar-refractivity contribution < 1.29 is 9.18 Å². The number of amides is 2. The molecule has 1 aliphatic carbocycles. The van der Waals surface area contributed by atoms with Crippen LogP contribution in [-0.2, 0) is 6.54 Å². The monoisotopic (exact) mass is 341 g/mol. The van der Waals surface area contributed by atoms with E-state index in [1.165, 1.54) is 31.4 Å². The van der Waals surface area contributed by atoms with Gasteiger partial charge in [0, 0.05) is 31.0 Å². The van der Waals surface area contributed by atoms with Crippen LogP contribution in [-0.4, -0.2) is 28.1 Å². The van der Waals surface area contributed by atoms with Crippen molar-refractivity contribution >= 4 is 6.03 Å². The SMILES string of the molecule is O=C(NC1CCCCC1)N1CCn2cccc2C1c1ccc(F)cc1. The Morgan fingerprint density at radius 3 is 2.56 bits per heavy atom. The van der Waals surface area contributed by atoms with Crippen LogP contribution in [0.4, 0.5) is 9.18 Å². The average Bonchev–Trinajstić information content (AvgIpc) is 3.11. The maximum atomic E-state index is 13.4. The molecule has 0 spiro atoms. The molecule has 0 saturated heterocycles. The Morgan fingerprint density at radius 1 is 1.04 bits per heavy atom. The molecule has 0 bridgehead atoms. The van der Waals surface area contributed by atoms with Crippen LogP contribution in [0.25, 0.3) is 0 Å². The molecule has 1 aromatic carbocycles. The zero-order chi connectivity index (χ0) is 17.2. The minimum Gasteiger partial charge on any atom is -0.348 e. The summed E-state index contributed by atoms with van der Waals surface area (Å²) in [6, 6.07) is 10.7. The molecule has 2 heterocycles. The van der Waals surface area contributed by atoms with Gasteiger partial charge in [0.25, 0.3) is 0 Å². The van der Waals surface area contributed by atoms with E-state index in [9.17, 15) is 9.18 Å². The van der Waals surface area contributed by atoms with Crippen LogP contribution < -0.4 is 5.32 Å². The van der Waals surface area contributed by atoms with Gasteiger partial charge in [-0.15, -0.1) is 0 Å². The smallest absolute Gasteiger partial charge is 0.318 e. The highest BCUT2D eigenvalue weighted by Gasteiger charge is 2.33. The highest BCUT2D eigenvalue weighted by atomic mass is 19.1. The predicted molar refractivity (Wildman–Crippen MR) is 94.8 cm³/mol. The molecule has 4 nitrogen and oxygen atoms in total. The van der Waals surface area contributed by atoms with Gasteiger partial charge in [-0.2, -0.15) is 0 Å². The summed E-state index contributed by atoms with van der Waals surface area (Å²) in [7, 11) is 0. The summed E-state index contributed by atoms with van der Waals surface area (Å²) >= 11 is 0. The first kappa shape index (κ1) is 16.2. The van der Waals surface area contributed by atoms with Gasteiger partial charge in [0.1, 0.15) is 5.82 Å². The summed E-state index contributed by atoms with van der Waals surface area (Å²) in [6.45, 7) is 1.44. The lowest BCUT2D eigenvalue weighted by molar-refractivity contribution is 0.162. The van der Waals surface area contributed by atoms with E-state index in [-0.39, 0.29) is 23.9 Å². The third-order valence-corrected chi connectivity index (χ3v) is 5.42. The minimum atomic E-state index is -0.256. The standard InChI is InChI=1S/C20H24FN3O/c21-16-10-8-15(9-11-16)19-18-7-4-12-23(18)13-14-24(19)20(25)22-17-5-2-1-3-6-17/h4,7-12,17,19H,1-3,5-6,13-14H2,(H,22,25). The Bertz CT molecular complexity index is 734. The van der Waals surface area contributed by atoms with Crippen molar-refractivity contribution in [3.8, 4) is 0 Å². The van der Waals surface area contributed by atoms with Crippen molar-refractivity contribution in [1.82, 2.24) is 14.8 Å². The third kappa shape index (κ3) is 3.28. The summed E-state index contributed by atoms with van der Waals surface area (Å²) in [5.41, 5.74) is 2.02. The molecule has 25 heavy (non-hydrogen) atoms. The van der Waals surface area contributed by atoms with E-state index >= 15 is 0 Å². The fourth-order valence-corrected chi connectivity index (χ4v) is 4.10. The second kappa shape index (κ2) is 6.90. The van der Waals surface area contributed by atoms with Crippen molar-refractivity contribution in [2.75, 3.05) is 6.54 Å². The van der Waals surface area contributed by atoms with Gasteiger partial charge in [-0.05, 0) is 42.7 Å². The summed E-state index contributed by atoms with van der Waals surface area (Å²) in [4.78, 5) is 14.9. The van der Waals surface area contributed by atoms with Crippen LogP contribution in [0.2, 0.25) is 0 Å². The number of nitrogens with zero attached hydrogens (tertiary/aromatic N) is 2. The van der Waals surface area contributed by atoms with E-state index in [2.05, 4.69) is 9.88 Å². The molecular weight excluding hydrogens is 317 g/mol. The summed E-state index contributed by atoms with van der Waals surface area (Å²) in [6.07, 6.45) is 7.82. The van der Waals surface area contributed by atoms with E-state index < -0.39 is 0 Å². The molecule has 1 saturated carbocycles. The number of halogens is 1. The first-order valence-electron chi connectivity index (χ1n) is 9.20. The Kier molecular flexibility index (Phi) is 4.47. The topological polar surface area (TPSA) is 37.3 Å². The van der Waals surface area contributed by atoms with Gasteiger partial charge in [-0.25, -0.2) is 9.18 Å². The van der Waals surface area contributed by atoms with Crippen LogP contribution in [0, 0.1) is 5.82 Å². The molecule has 4 rings (SSSR count). The Balaban J connectivity index is 1.61. The van der Waals surface area contributed by atoms with Crippen molar-refractivity contribution in [3.63, 3.8) is 0 Å². The van der Waals surface area contributed by atoms with Crippen LogP contribution in [0.1, 0.15) is 49.4 Å². The number of fused-ring (bicyclic) bond motifs is 1.